The van der Waals surface area contributed by atoms with Gasteiger partial charge in [-0.15, -0.1) is 0 Å². The second-order valence-corrected chi connectivity index (χ2v) is 4.60. The van der Waals surface area contributed by atoms with Crippen molar-refractivity contribution in [1.82, 2.24) is 0 Å². The number of rotatable bonds is 12. The van der Waals surface area contributed by atoms with Crippen molar-refractivity contribution in [2.45, 2.75) is 71.1 Å². The molecule has 1 heteroatoms. The first-order chi connectivity index (χ1) is 8.41. The highest BCUT2D eigenvalue weighted by Crippen LogP contribution is 2.05. The largest absolute Gasteiger partial charge is 0.396 e. The van der Waals surface area contributed by atoms with Crippen LogP contribution in [0.4, 0.5) is 0 Å². The van der Waals surface area contributed by atoms with Crippen molar-refractivity contribution in [2.75, 3.05) is 6.61 Å². The molecular formula is C16H30O. The summed E-state index contributed by atoms with van der Waals surface area (Å²) in [7, 11) is 0. The van der Waals surface area contributed by atoms with Crippen LogP contribution in [0.25, 0.3) is 0 Å². The molecule has 0 aliphatic rings. The molecule has 100 valence electrons. The number of aliphatic hydroxyl groups is 1. The predicted molar refractivity (Wildman–Crippen MR) is 77.2 cm³/mol. The van der Waals surface area contributed by atoms with Gasteiger partial charge in [0.25, 0.3) is 0 Å². The van der Waals surface area contributed by atoms with Crippen LogP contribution in [-0.2, 0) is 0 Å². The zero-order valence-electron chi connectivity index (χ0n) is 11.5. The maximum absolute atomic E-state index is 8.63. The number of hydrogen-bond donors (Lipinski definition) is 1. The SMILES string of the molecule is CCCC/C=C/C/C=C/CCCCCCCO. The fourth-order valence-corrected chi connectivity index (χ4v) is 1.73. The van der Waals surface area contributed by atoms with E-state index in [0.717, 1.165) is 12.8 Å². The summed E-state index contributed by atoms with van der Waals surface area (Å²) in [6.45, 7) is 2.58. The maximum Gasteiger partial charge on any atom is 0.0431 e. The van der Waals surface area contributed by atoms with Crippen molar-refractivity contribution in [3.8, 4) is 0 Å². The minimum absolute atomic E-state index is 0.351. The van der Waals surface area contributed by atoms with Gasteiger partial charge >= 0.3 is 0 Å². The summed E-state index contributed by atoms with van der Waals surface area (Å²) in [5.74, 6) is 0. The molecule has 0 aliphatic heterocycles. The first-order valence-corrected chi connectivity index (χ1v) is 7.32. The van der Waals surface area contributed by atoms with E-state index in [1.807, 2.05) is 0 Å². The van der Waals surface area contributed by atoms with E-state index in [2.05, 4.69) is 31.2 Å². The third-order valence-corrected chi connectivity index (χ3v) is 2.86. The van der Waals surface area contributed by atoms with Gasteiger partial charge in [0.15, 0.2) is 0 Å². The second kappa shape index (κ2) is 15.4. The van der Waals surface area contributed by atoms with Gasteiger partial charge in [-0.25, -0.2) is 0 Å². The van der Waals surface area contributed by atoms with E-state index >= 15 is 0 Å². The molecule has 0 atom stereocenters. The van der Waals surface area contributed by atoms with E-state index in [9.17, 15) is 0 Å². The molecule has 0 amide bonds. The van der Waals surface area contributed by atoms with Gasteiger partial charge in [-0.3, -0.25) is 0 Å². The summed E-state index contributed by atoms with van der Waals surface area (Å²) in [4.78, 5) is 0. The van der Waals surface area contributed by atoms with Crippen LogP contribution < -0.4 is 0 Å². The summed E-state index contributed by atoms with van der Waals surface area (Å²) in [6.07, 6.45) is 21.3. The van der Waals surface area contributed by atoms with Crippen molar-refractivity contribution in [3.63, 3.8) is 0 Å². The number of hydrogen-bond acceptors (Lipinski definition) is 1. The molecule has 0 aliphatic carbocycles. The molecule has 0 saturated carbocycles. The van der Waals surface area contributed by atoms with Crippen LogP contribution >= 0.6 is 0 Å². The monoisotopic (exact) mass is 238 g/mol. The van der Waals surface area contributed by atoms with Gasteiger partial charge in [-0.05, 0) is 32.1 Å². The molecule has 0 aromatic heterocycles. The van der Waals surface area contributed by atoms with Crippen molar-refractivity contribution in [3.05, 3.63) is 24.3 Å². The Kier molecular flexibility index (Phi) is 14.9. The van der Waals surface area contributed by atoms with Crippen LogP contribution in [0.5, 0.6) is 0 Å². The second-order valence-electron chi connectivity index (χ2n) is 4.60. The summed E-state index contributed by atoms with van der Waals surface area (Å²) >= 11 is 0. The molecule has 0 heterocycles. The highest BCUT2D eigenvalue weighted by Gasteiger charge is 1.88. The lowest BCUT2D eigenvalue weighted by Gasteiger charge is -1.97. The van der Waals surface area contributed by atoms with Crippen LogP contribution in [0, 0.1) is 0 Å². The minimum atomic E-state index is 0.351. The highest BCUT2D eigenvalue weighted by molar-refractivity contribution is 4.92. The Morgan fingerprint density at radius 2 is 1.29 bits per heavy atom. The molecule has 0 rings (SSSR count). The number of aliphatic hydroxyl groups excluding tert-OH is 1. The predicted octanol–water partition coefficient (Wildman–Crippen LogP) is 5.01. The Balaban J connectivity index is 3.11. The smallest absolute Gasteiger partial charge is 0.0431 e. The Hall–Kier alpha value is -0.560. The molecule has 0 aromatic carbocycles. The number of unbranched alkanes of at least 4 members (excludes halogenated alkanes) is 7. The summed E-state index contributed by atoms with van der Waals surface area (Å²) in [5.41, 5.74) is 0. The Morgan fingerprint density at radius 1 is 0.706 bits per heavy atom. The molecule has 1 N–H and O–H groups in total. The van der Waals surface area contributed by atoms with E-state index in [-0.39, 0.29) is 0 Å². The maximum atomic E-state index is 8.63. The van der Waals surface area contributed by atoms with E-state index in [1.54, 1.807) is 0 Å². The van der Waals surface area contributed by atoms with Gasteiger partial charge in [0, 0.05) is 6.61 Å². The van der Waals surface area contributed by atoms with Gasteiger partial charge in [0.1, 0.15) is 0 Å². The van der Waals surface area contributed by atoms with Crippen LogP contribution in [0.2, 0.25) is 0 Å². The standard InChI is InChI=1S/C16H30O/c1-2-3-4-5-6-7-8-9-10-11-12-13-14-15-16-17/h5-6,8-9,17H,2-4,7,10-16H2,1H3/b6-5+,9-8+. The first-order valence-electron chi connectivity index (χ1n) is 7.32. The molecular weight excluding hydrogens is 208 g/mol. The summed E-state index contributed by atoms with van der Waals surface area (Å²) < 4.78 is 0. The zero-order valence-corrected chi connectivity index (χ0v) is 11.5. The quantitative estimate of drug-likeness (QED) is 0.374. The van der Waals surface area contributed by atoms with Gasteiger partial charge in [-0.1, -0.05) is 63.3 Å². The topological polar surface area (TPSA) is 20.2 Å². The van der Waals surface area contributed by atoms with Crippen LogP contribution in [0.3, 0.4) is 0 Å². The molecule has 0 spiro atoms. The molecule has 0 fully saturated rings. The Labute approximate surface area is 108 Å². The Bertz CT molecular complexity index is 182. The zero-order chi connectivity index (χ0) is 12.6. The average molecular weight is 238 g/mol. The minimum Gasteiger partial charge on any atom is -0.396 e. The molecule has 0 aromatic rings. The highest BCUT2D eigenvalue weighted by atomic mass is 16.2. The van der Waals surface area contributed by atoms with Gasteiger partial charge in [0.2, 0.25) is 0 Å². The van der Waals surface area contributed by atoms with E-state index < -0.39 is 0 Å². The average Bonchev–Trinajstić information content (AvgIpc) is 2.35. The molecule has 0 saturated heterocycles. The lowest BCUT2D eigenvalue weighted by molar-refractivity contribution is 0.282. The van der Waals surface area contributed by atoms with Gasteiger partial charge < -0.3 is 5.11 Å². The van der Waals surface area contributed by atoms with Crippen LogP contribution in [0.1, 0.15) is 71.1 Å². The lowest BCUT2D eigenvalue weighted by Crippen LogP contribution is -1.83. The van der Waals surface area contributed by atoms with Crippen molar-refractivity contribution < 1.29 is 5.11 Å². The molecule has 0 bridgehead atoms. The van der Waals surface area contributed by atoms with Crippen molar-refractivity contribution in [2.24, 2.45) is 0 Å². The third kappa shape index (κ3) is 15.4. The van der Waals surface area contributed by atoms with E-state index in [1.165, 1.54) is 51.4 Å². The fourth-order valence-electron chi connectivity index (χ4n) is 1.73. The third-order valence-electron chi connectivity index (χ3n) is 2.86. The van der Waals surface area contributed by atoms with E-state index in [4.69, 9.17) is 5.11 Å². The summed E-state index contributed by atoms with van der Waals surface area (Å²) in [6, 6.07) is 0. The fraction of sp³-hybridized carbons (Fsp3) is 0.750. The van der Waals surface area contributed by atoms with Gasteiger partial charge in [-0.2, -0.15) is 0 Å². The van der Waals surface area contributed by atoms with Crippen LogP contribution in [-0.4, -0.2) is 11.7 Å². The van der Waals surface area contributed by atoms with Gasteiger partial charge in [0.05, 0.1) is 0 Å². The molecule has 17 heavy (non-hydrogen) atoms. The van der Waals surface area contributed by atoms with E-state index in [0.29, 0.717) is 6.61 Å². The Morgan fingerprint density at radius 3 is 1.94 bits per heavy atom. The van der Waals surface area contributed by atoms with Crippen molar-refractivity contribution in [1.29, 1.82) is 0 Å². The molecule has 1 nitrogen and oxygen atoms in total. The number of allylic oxidation sites excluding steroid dienone is 4. The lowest BCUT2D eigenvalue weighted by atomic mass is 10.1. The van der Waals surface area contributed by atoms with Crippen molar-refractivity contribution >= 4 is 0 Å². The van der Waals surface area contributed by atoms with Crippen LogP contribution in [0.15, 0.2) is 24.3 Å². The first kappa shape index (κ1) is 16.4. The normalized spacial score (nSPS) is 11.9. The molecule has 0 unspecified atom stereocenters. The molecule has 0 radical (unpaired) electrons. The summed E-state index contributed by atoms with van der Waals surface area (Å²) in [5, 5.41) is 8.63.